The molecule has 0 aromatic heterocycles. The molecule has 24 heavy (non-hydrogen) atoms. The fourth-order valence-corrected chi connectivity index (χ4v) is 2.43. The zero-order valence-electron chi connectivity index (χ0n) is 13.9. The first-order chi connectivity index (χ1) is 11.6. The topological polar surface area (TPSA) is 75.8 Å². The second-order valence-corrected chi connectivity index (χ2v) is 4.94. The Morgan fingerprint density at radius 1 is 1.12 bits per heavy atom. The first-order valence-corrected chi connectivity index (χ1v) is 7.73. The molecule has 0 spiro atoms. The molecule has 0 saturated carbocycles. The van der Waals surface area contributed by atoms with Gasteiger partial charge >= 0.3 is 0 Å². The van der Waals surface area contributed by atoms with Crippen molar-refractivity contribution in [3.63, 3.8) is 0 Å². The molecule has 0 atom stereocenters. The maximum Gasteiger partial charge on any atom is 0.270 e. The lowest BCUT2D eigenvalue weighted by Crippen LogP contribution is -2.27. The second kappa shape index (κ2) is 7.50. The molecule has 3 rings (SSSR count). The van der Waals surface area contributed by atoms with Crippen LogP contribution in [0.15, 0.2) is 53.5 Å². The fraction of sp³-hybridized carbons (Fsp3) is 0.222. The van der Waals surface area contributed by atoms with Crippen molar-refractivity contribution in [2.75, 3.05) is 18.5 Å². The molecule has 0 saturated heterocycles. The SMILES string of the molecule is CC.CN1C(=O)CN=C(c2ccccc2)c2cc([N+](=O)[O-])ccc21. The number of non-ortho nitro benzene ring substituents is 1. The number of amides is 1. The quantitative estimate of drug-likeness (QED) is 0.627. The molecule has 6 nitrogen and oxygen atoms in total. The third-order valence-electron chi connectivity index (χ3n) is 3.60. The largest absolute Gasteiger partial charge is 0.313 e. The molecule has 1 aliphatic rings. The van der Waals surface area contributed by atoms with Crippen molar-refractivity contribution in [3.05, 3.63) is 69.8 Å². The monoisotopic (exact) mass is 325 g/mol. The number of hydrogen-bond acceptors (Lipinski definition) is 4. The molecule has 6 heteroatoms. The van der Waals surface area contributed by atoms with Crippen molar-refractivity contribution in [2.24, 2.45) is 4.99 Å². The lowest BCUT2D eigenvalue weighted by Gasteiger charge is -2.17. The van der Waals surface area contributed by atoms with Crippen LogP contribution in [0, 0.1) is 10.1 Å². The molecule has 2 aromatic rings. The highest BCUT2D eigenvalue weighted by Gasteiger charge is 2.24. The summed E-state index contributed by atoms with van der Waals surface area (Å²) in [6.07, 6.45) is 0. The van der Waals surface area contributed by atoms with Gasteiger partial charge in [-0.2, -0.15) is 0 Å². The van der Waals surface area contributed by atoms with Gasteiger partial charge in [-0.15, -0.1) is 0 Å². The summed E-state index contributed by atoms with van der Waals surface area (Å²) < 4.78 is 0. The minimum atomic E-state index is -0.449. The van der Waals surface area contributed by atoms with E-state index < -0.39 is 4.92 Å². The van der Waals surface area contributed by atoms with Crippen molar-refractivity contribution in [3.8, 4) is 0 Å². The van der Waals surface area contributed by atoms with Crippen molar-refractivity contribution in [1.29, 1.82) is 0 Å². The normalized spacial score (nSPS) is 13.2. The lowest BCUT2D eigenvalue weighted by atomic mass is 9.99. The number of likely N-dealkylation sites (N-methyl/N-ethyl adjacent to an activating group) is 1. The summed E-state index contributed by atoms with van der Waals surface area (Å²) in [4.78, 5) is 28.5. The Morgan fingerprint density at radius 2 is 1.79 bits per heavy atom. The zero-order valence-corrected chi connectivity index (χ0v) is 13.9. The minimum Gasteiger partial charge on any atom is -0.313 e. The van der Waals surface area contributed by atoms with Gasteiger partial charge in [0.15, 0.2) is 0 Å². The first-order valence-electron chi connectivity index (χ1n) is 7.73. The van der Waals surface area contributed by atoms with Gasteiger partial charge in [-0.05, 0) is 6.07 Å². The third-order valence-corrected chi connectivity index (χ3v) is 3.60. The van der Waals surface area contributed by atoms with Crippen molar-refractivity contribution in [2.45, 2.75) is 13.8 Å². The van der Waals surface area contributed by atoms with Gasteiger partial charge < -0.3 is 4.90 Å². The maximum atomic E-state index is 12.1. The number of nitro groups is 1. The van der Waals surface area contributed by atoms with E-state index in [9.17, 15) is 14.9 Å². The first kappa shape index (κ1) is 17.3. The Balaban J connectivity index is 0.00000100. The van der Waals surface area contributed by atoms with Crippen molar-refractivity contribution in [1.82, 2.24) is 0 Å². The molecule has 0 unspecified atom stereocenters. The van der Waals surface area contributed by atoms with Crippen LogP contribution in [0.1, 0.15) is 25.0 Å². The van der Waals surface area contributed by atoms with Gasteiger partial charge in [0.1, 0.15) is 6.54 Å². The summed E-state index contributed by atoms with van der Waals surface area (Å²) >= 11 is 0. The Hall–Kier alpha value is -3.02. The van der Waals surface area contributed by atoms with Crippen LogP contribution in [0.2, 0.25) is 0 Å². The summed E-state index contributed by atoms with van der Waals surface area (Å²) in [7, 11) is 1.65. The van der Waals surface area contributed by atoms with Crippen molar-refractivity contribution >= 4 is 23.0 Å². The molecule has 124 valence electrons. The van der Waals surface area contributed by atoms with Gasteiger partial charge in [-0.25, -0.2) is 0 Å². The number of nitro benzene ring substituents is 1. The average molecular weight is 325 g/mol. The van der Waals surface area contributed by atoms with Crippen LogP contribution in [-0.2, 0) is 4.79 Å². The van der Waals surface area contributed by atoms with E-state index in [-0.39, 0.29) is 18.1 Å². The third kappa shape index (κ3) is 3.32. The summed E-state index contributed by atoms with van der Waals surface area (Å²) in [5.41, 5.74) is 2.61. The summed E-state index contributed by atoms with van der Waals surface area (Å²) in [5, 5.41) is 11.0. The molecule has 0 bridgehead atoms. The average Bonchev–Trinajstić information content (AvgIpc) is 2.75. The van der Waals surface area contributed by atoms with E-state index in [0.717, 1.165) is 5.56 Å². The van der Waals surface area contributed by atoms with Gasteiger partial charge in [0, 0.05) is 30.3 Å². The van der Waals surface area contributed by atoms with Gasteiger partial charge in [-0.1, -0.05) is 44.2 Å². The number of benzodiazepines with no additional fused rings is 1. The molecule has 0 N–H and O–H groups in total. The van der Waals surface area contributed by atoms with E-state index in [1.54, 1.807) is 13.1 Å². The van der Waals surface area contributed by atoms with Crippen LogP contribution < -0.4 is 4.90 Å². The van der Waals surface area contributed by atoms with E-state index in [1.165, 1.54) is 17.0 Å². The lowest BCUT2D eigenvalue weighted by molar-refractivity contribution is -0.384. The number of benzene rings is 2. The Kier molecular flexibility index (Phi) is 5.42. The highest BCUT2D eigenvalue weighted by Crippen LogP contribution is 2.29. The van der Waals surface area contributed by atoms with Crippen LogP contribution in [0.25, 0.3) is 0 Å². The van der Waals surface area contributed by atoms with E-state index in [2.05, 4.69) is 4.99 Å². The summed E-state index contributed by atoms with van der Waals surface area (Å²) in [6, 6.07) is 13.8. The summed E-state index contributed by atoms with van der Waals surface area (Å²) in [5.74, 6) is -0.152. The van der Waals surface area contributed by atoms with Gasteiger partial charge in [-0.3, -0.25) is 19.9 Å². The second-order valence-electron chi connectivity index (χ2n) is 4.94. The molecule has 0 radical (unpaired) electrons. The number of fused-ring (bicyclic) bond motifs is 1. The van der Waals surface area contributed by atoms with E-state index in [4.69, 9.17) is 0 Å². The van der Waals surface area contributed by atoms with E-state index >= 15 is 0 Å². The van der Waals surface area contributed by atoms with Crippen LogP contribution in [0.5, 0.6) is 0 Å². The molecule has 1 heterocycles. The number of aliphatic imine (C=N–C) groups is 1. The minimum absolute atomic E-state index is 0.0171. The predicted octanol–water partition coefficient (Wildman–Crippen LogP) is 3.43. The van der Waals surface area contributed by atoms with E-state index in [1.807, 2.05) is 44.2 Å². The molecular formula is C18H19N3O3. The molecule has 0 aliphatic carbocycles. The number of rotatable bonds is 2. The molecule has 1 aliphatic heterocycles. The summed E-state index contributed by atoms with van der Waals surface area (Å²) in [6.45, 7) is 4.02. The molecule has 0 fully saturated rings. The highest BCUT2D eigenvalue weighted by atomic mass is 16.6. The molecule has 2 aromatic carbocycles. The van der Waals surface area contributed by atoms with Crippen LogP contribution in [0.4, 0.5) is 11.4 Å². The van der Waals surface area contributed by atoms with Gasteiger partial charge in [0.2, 0.25) is 5.91 Å². The fourth-order valence-electron chi connectivity index (χ4n) is 2.43. The Bertz CT molecular complexity index is 785. The molecule has 1 amide bonds. The number of carbonyl (C=O) groups is 1. The van der Waals surface area contributed by atoms with Crippen LogP contribution >= 0.6 is 0 Å². The number of hydrogen-bond donors (Lipinski definition) is 0. The van der Waals surface area contributed by atoms with Gasteiger partial charge in [0.05, 0.1) is 16.3 Å². The van der Waals surface area contributed by atoms with E-state index in [0.29, 0.717) is 17.0 Å². The zero-order chi connectivity index (χ0) is 17.7. The Morgan fingerprint density at radius 3 is 2.42 bits per heavy atom. The highest BCUT2D eigenvalue weighted by molar-refractivity contribution is 6.19. The smallest absolute Gasteiger partial charge is 0.270 e. The predicted molar refractivity (Wildman–Crippen MR) is 94.8 cm³/mol. The number of anilines is 1. The van der Waals surface area contributed by atoms with Crippen LogP contribution in [-0.4, -0.2) is 30.1 Å². The standard InChI is InChI=1S/C16H13N3O3.C2H6/c1-18-14-8-7-12(19(21)22)9-13(14)16(17-10-15(18)20)11-5-3-2-4-6-11;1-2/h2-9H,10H2,1H3;1-2H3. The van der Waals surface area contributed by atoms with Gasteiger partial charge in [0.25, 0.3) is 5.69 Å². The number of nitrogens with zero attached hydrogens (tertiary/aromatic N) is 3. The molecular weight excluding hydrogens is 306 g/mol. The van der Waals surface area contributed by atoms with Crippen LogP contribution in [0.3, 0.4) is 0 Å². The van der Waals surface area contributed by atoms with Crippen molar-refractivity contribution < 1.29 is 9.72 Å². The number of carbonyl (C=O) groups excluding carboxylic acids is 1. The Labute approximate surface area is 140 Å². The maximum absolute atomic E-state index is 12.1.